The van der Waals surface area contributed by atoms with Crippen molar-refractivity contribution >= 4 is 11.9 Å². The summed E-state index contributed by atoms with van der Waals surface area (Å²) >= 11 is 0. The van der Waals surface area contributed by atoms with E-state index in [4.69, 9.17) is 22.3 Å². The van der Waals surface area contributed by atoms with Crippen molar-refractivity contribution < 1.29 is 34.4 Å². The standard InChI is InChI=1S/C38H46O7/c1-3-12-29(13-4-2)27-44-38(43)30-19-23-32(24-20-30)45-37(42)17-11-6-5-10-16-33-34(36(41)26-35(33)40)25-22-31(39)21-18-28-14-8-7-9-15-28/h1-2,5,7-10,14-15,19-20,23-24,29,31,33-36,39-41H,6,11-13,16-18,21-22,25-27H2/b10-5-/t31-,33?,34+,35?,36?/m0/s1. The Morgan fingerprint density at radius 3 is 2.31 bits per heavy atom. The van der Waals surface area contributed by atoms with Crippen LogP contribution in [0.3, 0.4) is 0 Å². The zero-order valence-electron chi connectivity index (χ0n) is 25.9. The summed E-state index contributed by atoms with van der Waals surface area (Å²) in [7, 11) is 0. The van der Waals surface area contributed by atoms with E-state index in [-0.39, 0.29) is 36.8 Å². The van der Waals surface area contributed by atoms with Gasteiger partial charge in [0.2, 0.25) is 0 Å². The average molecular weight is 615 g/mol. The number of aliphatic hydroxyl groups excluding tert-OH is 3. The van der Waals surface area contributed by atoms with Crippen LogP contribution in [-0.2, 0) is 16.0 Å². The Bertz CT molecular complexity index is 1270. The van der Waals surface area contributed by atoms with E-state index in [1.807, 2.05) is 30.4 Å². The number of carbonyl (C=O) groups excluding carboxylic acids is 2. The van der Waals surface area contributed by atoms with Crippen LogP contribution in [0.5, 0.6) is 5.75 Å². The molecule has 7 nitrogen and oxygen atoms in total. The third-order valence-corrected chi connectivity index (χ3v) is 8.38. The van der Waals surface area contributed by atoms with E-state index in [2.05, 4.69) is 24.0 Å². The Labute approximate surface area is 267 Å². The fourth-order valence-corrected chi connectivity index (χ4v) is 5.79. The molecule has 0 aliphatic heterocycles. The van der Waals surface area contributed by atoms with Gasteiger partial charge in [0.15, 0.2) is 0 Å². The van der Waals surface area contributed by atoms with Gasteiger partial charge in [-0.3, -0.25) is 4.79 Å². The number of allylic oxidation sites excluding steroid dienone is 2. The van der Waals surface area contributed by atoms with Gasteiger partial charge in [-0.05, 0) is 93.0 Å². The number of terminal acetylenes is 2. The van der Waals surface area contributed by atoms with E-state index < -0.39 is 24.3 Å². The van der Waals surface area contributed by atoms with Gasteiger partial charge >= 0.3 is 11.9 Å². The van der Waals surface area contributed by atoms with Crippen LogP contribution in [0.25, 0.3) is 0 Å². The second-order valence-corrected chi connectivity index (χ2v) is 11.8. The maximum absolute atomic E-state index is 12.3. The molecule has 0 saturated heterocycles. The van der Waals surface area contributed by atoms with Crippen molar-refractivity contribution in [1.29, 1.82) is 0 Å². The molecule has 0 heterocycles. The number of aliphatic hydroxyl groups is 3. The lowest BCUT2D eigenvalue weighted by Crippen LogP contribution is -2.23. The third kappa shape index (κ3) is 12.6. The molecule has 3 unspecified atom stereocenters. The molecule has 0 amide bonds. The fraction of sp³-hybridized carbons (Fsp3) is 0.474. The van der Waals surface area contributed by atoms with E-state index in [0.717, 1.165) is 6.42 Å². The van der Waals surface area contributed by atoms with Gasteiger partial charge in [-0.2, -0.15) is 0 Å². The summed E-state index contributed by atoms with van der Waals surface area (Å²) < 4.78 is 10.7. The van der Waals surface area contributed by atoms with Crippen molar-refractivity contribution in [3.63, 3.8) is 0 Å². The summed E-state index contributed by atoms with van der Waals surface area (Å²) in [5.41, 5.74) is 1.53. The van der Waals surface area contributed by atoms with Crippen molar-refractivity contribution in [3.8, 4) is 30.4 Å². The Morgan fingerprint density at radius 1 is 0.933 bits per heavy atom. The van der Waals surface area contributed by atoms with E-state index in [1.54, 1.807) is 12.1 Å². The normalized spacial score (nSPS) is 20.0. The van der Waals surface area contributed by atoms with Crippen LogP contribution >= 0.6 is 0 Å². The first-order chi connectivity index (χ1) is 21.8. The number of esters is 2. The third-order valence-electron chi connectivity index (χ3n) is 8.38. The van der Waals surface area contributed by atoms with Gasteiger partial charge < -0.3 is 24.8 Å². The van der Waals surface area contributed by atoms with Gasteiger partial charge in [0.25, 0.3) is 0 Å². The molecule has 240 valence electrons. The fourth-order valence-electron chi connectivity index (χ4n) is 5.79. The van der Waals surface area contributed by atoms with Crippen molar-refractivity contribution in [3.05, 3.63) is 77.9 Å². The average Bonchev–Trinajstić information content (AvgIpc) is 3.31. The molecule has 2 aromatic carbocycles. The minimum Gasteiger partial charge on any atom is -0.462 e. The number of carbonyl (C=O) groups is 2. The van der Waals surface area contributed by atoms with Crippen LogP contribution in [0, 0.1) is 42.4 Å². The van der Waals surface area contributed by atoms with Crippen LogP contribution < -0.4 is 4.74 Å². The van der Waals surface area contributed by atoms with Gasteiger partial charge in [-0.15, -0.1) is 24.7 Å². The highest BCUT2D eigenvalue weighted by molar-refractivity contribution is 5.89. The predicted octanol–water partition coefficient (Wildman–Crippen LogP) is 5.66. The SMILES string of the molecule is C#CCC(CC#C)COC(=O)c1ccc(OC(=O)CCC/C=C\CC2C(O)CC(O)[C@@H]2CC[C@@H](O)CCc2ccccc2)cc1. The molecule has 0 spiro atoms. The molecule has 3 N–H and O–H groups in total. The van der Waals surface area contributed by atoms with E-state index in [0.29, 0.717) is 69.1 Å². The summed E-state index contributed by atoms with van der Waals surface area (Å²) in [4.78, 5) is 24.6. The minimum absolute atomic E-state index is 0.0573. The van der Waals surface area contributed by atoms with Crippen molar-refractivity contribution in [1.82, 2.24) is 0 Å². The van der Waals surface area contributed by atoms with E-state index in [9.17, 15) is 24.9 Å². The molecule has 1 aliphatic carbocycles. The Balaban J connectivity index is 1.33. The number of hydrogen-bond donors (Lipinski definition) is 3. The number of rotatable bonds is 18. The maximum Gasteiger partial charge on any atom is 0.338 e. The summed E-state index contributed by atoms with van der Waals surface area (Å²) in [5.74, 6) is 4.34. The topological polar surface area (TPSA) is 113 Å². The maximum atomic E-state index is 12.3. The first-order valence-electron chi connectivity index (χ1n) is 15.9. The van der Waals surface area contributed by atoms with Crippen LogP contribution in [0.15, 0.2) is 66.7 Å². The summed E-state index contributed by atoms with van der Waals surface area (Å²) in [6, 6.07) is 16.3. The van der Waals surface area contributed by atoms with Crippen molar-refractivity contribution in [2.45, 2.75) is 88.9 Å². The highest BCUT2D eigenvalue weighted by atomic mass is 16.5. The van der Waals surface area contributed by atoms with Crippen molar-refractivity contribution in [2.75, 3.05) is 6.61 Å². The molecule has 5 atom stereocenters. The summed E-state index contributed by atoms with van der Waals surface area (Å²) in [6.07, 6.45) is 19.2. The van der Waals surface area contributed by atoms with Crippen molar-refractivity contribution in [2.24, 2.45) is 17.8 Å². The molecular weight excluding hydrogens is 568 g/mol. The molecule has 1 saturated carbocycles. The molecule has 2 aromatic rings. The van der Waals surface area contributed by atoms with Crippen LogP contribution in [0.2, 0.25) is 0 Å². The second kappa shape index (κ2) is 19.5. The van der Waals surface area contributed by atoms with Gasteiger partial charge in [0.1, 0.15) is 5.75 Å². The highest BCUT2D eigenvalue weighted by Gasteiger charge is 2.40. The number of hydrogen-bond acceptors (Lipinski definition) is 7. The van der Waals surface area contributed by atoms with Crippen LogP contribution in [0.1, 0.15) is 80.1 Å². The zero-order chi connectivity index (χ0) is 32.4. The van der Waals surface area contributed by atoms with E-state index >= 15 is 0 Å². The Kier molecular flexibility index (Phi) is 15.4. The lowest BCUT2D eigenvalue weighted by molar-refractivity contribution is -0.134. The van der Waals surface area contributed by atoms with Gasteiger partial charge in [-0.1, -0.05) is 42.5 Å². The smallest absolute Gasteiger partial charge is 0.338 e. The molecule has 1 fully saturated rings. The number of benzene rings is 2. The molecule has 0 radical (unpaired) electrons. The largest absolute Gasteiger partial charge is 0.462 e. The zero-order valence-corrected chi connectivity index (χ0v) is 25.9. The predicted molar refractivity (Wildman–Crippen MR) is 174 cm³/mol. The molecule has 45 heavy (non-hydrogen) atoms. The Morgan fingerprint density at radius 2 is 1.62 bits per heavy atom. The molecule has 0 bridgehead atoms. The number of aryl methyl sites for hydroxylation is 1. The lowest BCUT2D eigenvalue weighted by atomic mass is 9.85. The number of ether oxygens (including phenoxy) is 2. The molecule has 0 aromatic heterocycles. The quantitative estimate of drug-likeness (QED) is 0.0653. The monoisotopic (exact) mass is 614 g/mol. The first kappa shape index (κ1) is 35.6. The van der Waals surface area contributed by atoms with E-state index in [1.165, 1.54) is 17.7 Å². The van der Waals surface area contributed by atoms with Gasteiger partial charge in [0.05, 0.1) is 30.5 Å². The van der Waals surface area contributed by atoms with Gasteiger partial charge in [0, 0.05) is 25.2 Å². The minimum atomic E-state index is -0.571. The molecular formula is C38H46O7. The van der Waals surface area contributed by atoms with Crippen LogP contribution in [-0.4, -0.2) is 52.2 Å². The Hall–Kier alpha value is -3.88. The first-order valence-corrected chi connectivity index (χ1v) is 15.9. The van der Waals surface area contributed by atoms with Gasteiger partial charge in [-0.25, -0.2) is 4.79 Å². The molecule has 1 aliphatic rings. The number of unbranched alkanes of at least 4 members (excludes halogenated alkanes) is 1. The van der Waals surface area contributed by atoms with Crippen LogP contribution in [0.4, 0.5) is 0 Å². The summed E-state index contributed by atoms with van der Waals surface area (Å²) in [5, 5.41) is 31.6. The molecule has 7 heteroatoms. The second-order valence-electron chi connectivity index (χ2n) is 11.8. The molecule has 3 rings (SSSR count). The summed E-state index contributed by atoms with van der Waals surface area (Å²) in [6.45, 7) is 0.141. The highest BCUT2D eigenvalue weighted by Crippen LogP contribution is 2.38. The lowest BCUT2D eigenvalue weighted by Gasteiger charge is -2.23.